The van der Waals surface area contributed by atoms with Crippen LogP contribution in [0.1, 0.15) is 45.4 Å². The molecule has 1 N–H and O–H groups in total. The molecular weight excluding hydrogens is 430 g/mol. The lowest BCUT2D eigenvalue weighted by Gasteiger charge is -2.12. The predicted molar refractivity (Wildman–Crippen MR) is 127 cm³/mol. The van der Waals surface area contributed by atoms with Crippen molar-refractivity contribution in [3.05, 3.63) is 48.1 Å². The summed E-state index contributed by atoms with van der Waals surface area (Å²) in [5, 5.41) is 5.82. The normalized spacial score (nSPS) is 11.4. The fourth-order valence-corrected chi connectivity index (χ4v) is 4.73. The average molecular weight is 460 g/mol. The standard InChI is InChI=1S/C23H29N3O3S2/c1-3-4-5-6-7-8-14-29-21-12-11-19(15-22(21)31(2,27)28)25-23-26-20(17-30-23)18-10-9-13-24-16-18/h9-13,15-17H,3-8,14H2,1-2H3,(H,25,26). The van der Waals surface area contributed by atoms with Crippen molar-refractivity contribution in [2.75, 3.05) is 18.2 Å². The molecule has 0 radical (unpaired) electrons. The van der Waals surface area contributed by atoms with Crippen molar-refractivity contribution in [3.8, 4) is 17.0 Å². The van der Waals surface area contributed by atoms with E-state index < -0.39 is 9.84 Å². The molecule has 8 heteroatoms. The first-order chi connectivity index (χ1) is 15.0. The minimum absolute atomic E-state index is 0.188. The predicted octanol–water partition coefficient (Wildman–Crippen LogP) is 6.09. The smallest absolute Gasteiger partial charge is 0.187 e. The summed E-state index contributed by atoms with van der Waals surface area (Å²) < 4.78 is 30.5. The zero-order valence-electron chi connectivity index (χ0n) is 18.0. The number of unbranched alkanes of at least 4 members (excludes halogenated alkanes) is 5. The van der Waals surface area contributed by atoms with Gasteiger partial charge in [-0.2, -0.15) is 0 Å². The molecule has 2 heterocycles. The number of pyridine rings is 1. The number of thiazole rings is 1. The number of hydrogen-bond acceptors (Lipinski definition) is 7. The highest BCUT2D eigenvalue weighted by atomic mass is 32.2. The van der Waals surface area contributed by atoms with Gasteiger partial charge >= 0.3 is 0 Å². The van der Waals surface area contributed by atoms with E-state index in [9.17, 15) is 8.42 Å². The van der Waals surface area contributed by atoms with Crippen LogP contribution in [0.3, 0.4) is 0 Å². The molecule has 1 aromatic carbocycles. The van der Waals surface area contributed by atoms with Crippen molar-refractivity contribution >= 4 is 32.0 Å². The Bertz CT molecular complexity index is 1070. The molecule has 0 amide bonds. The van der Waals surface area contributed by atoms with E-state index in [0.29, 0.717) is 23.2 Å². The first-order valence-electron chi connectivity index (χ1n) is 10.6. The fraction of sp³-hybridized carbons (Fsp3) is 0.391. The average Bonchev–Trinajstić information content (AvgIpc) is 3.22. The number of sulfone groups is 1. The molecule has 6 nitrogen and oxygen atoms in total. The molecule has 0 aliphatic heterocycles. The van der Waals surface area contributed by atoms with Gasteiger partial charge in [0.2, 0.25) is 0 Å². The van der Waals surface area contributed by atoms with Gasteiger partial charge < -0.3 is 10.1 Å². The number of benzene rings is 1. The van der Waals surface area contributed by atoms with Crippen LogP contribution in [0.4, 0.5) is 10.8 Å². The van der Waals surface area contributed by atoms with Crippen LogP contribution in [-0.4, -0.2) is 31.2 Å². The molecule has 0 bridgehead atoms. The molecule has 166 valence electrons. The fourth-order valence-electron chi connectivity index (χ4n) is 3.16. The lowest BCUT2D eigenvalue weighted by Crippen LogP contribution is -2.05. The van der Waals surface area contributed by atoms with E-state index in [1.54, 1.807) is 24.5 Å². The van der Waals surface area contributed by atoms with Gasteiger partial charge in [0, 0.05) is 35.3 Å². The van der Waals surface area contributed by atoms with Gasteiger partial charge in [0.15, 0.2) is 15.0 Å². The molecule has 0 saturated carbocycles. The molecule has 0 aliphatic rings. The maximum absolute atomic E-state index is 12.3. The number of aromatic nitrogens is 2. The van der Waals surface area contributed by atoms with Crippen molar-refractivity contribution in [3.63, 3.8) is 0 Å². The molecule has 0 aliphatic carbocycles. The van der Waals surface area contributed by atoms with E-state index in [0.717, 1.165) is 24.1 Å². The number of nitrogens with zero attached hydrogens (tertiary/aromatic N) is 2. The third kappa shape index (κ3) is 7.04. The molecule has 0 atom stereocenters. The van der Waals surface area contributed by atoms with Crippen molar-refractivity contribution in [1.82, 2.24) is 9.97 Å². The van der Waals surface area contributed by atoms with E-state index in [1.807, 2.05) is 23.6 Å². The zero-order chi connectivity index (χ0) is 22.1. The Morgan fingerprint density at radius 1 is 1.10 bits per heavy atom. The summed E-state index contributed by atoms with van der Waals surface area (Å²) in [7, 11) is -3.43. The minimum atomic E-state index is -3.43. The summed E-state index contributed by atoms with van der Waals surface area (Å²) in [6, 6.07) is 8.95. The Balaban J connectivity index is 1.65. The van der Waals surface area contributed by atoms with Crippen molar-refractivity contribution in [2.24, 2.45) is 0 Å². The lowest BCUT2D eigenvalue weighted by molar-refractivity contribution is 0.297. The number of hydrogen-bond donors (Lipinski definition) is 1. The molecule has 3 rings (SSSR count). The largest absolute Gasteiger partial charge is 0.492 e. The second-order valence-electron chi connectivity index (χ2n) is 7.45. The first kappa shape index (κ1) is 23.2. The van der Waals surface area contributed by atoms with Crippen molar-refractivity contribution in [1.29, 1.82) is 0 Å². The van der Waals surface area contributed by atoms with Gasteiger partial charge in [-0.15, -0.1) is 11.3 Å². The van der Waals surface area contributed by atoms with Gasteiger partial charge in [0.25, 0.3) is 0 Å². The minimum Gasteiger partial charge on any atom is -0.492 e. The van der Waals surface area contributed by atoms with E-state index in [1.165, 1.54) is 43.3 Å². The molecule has 3 aromatic rings. The Hall–Kier alpha value is -2.45. The Morgan fingerprint density at radius 2 is 1.90 bits per heavy atom. The molecule has 2 aromatic heterocycles. The molecule has 0 unspecified atom stereocenters. The second kappa shape index (κ2) is 11.2. The number of nitrogens with one attached hydrogen (secondary N) is 1. The zero-order valence-corrected chi connectivity index (χ0v) is 19.6. The van der Waals surface area contributed by atoms with Crippen LogP contribution in [0.2, 0.25) is 0 Å². The van der Waals surface area contributed by atoms with Gasteiger partial charge in [-0.3, -0.25) is 4.98 Å². The molecule has 31 heavy (non-hydrogen) atoms. The van der Waals surface area contributed by atoms with Crippen LogP contribution in [0.25, 0.3) is 11.3 Å². The highest BCUT2D eigenvalue weighted by molar-refractivity contribution is 7.90. The van der Waals surface area contributed by atoms with Gasteiger partial charge in [0.1, 0.15) is 10.6 Å². The Kier molecular flexibility index (Phi) is 8.43. The maximum atomic E-state index is 12.3. The molecule has 0 spiro atoms. The maximum Gasteiger partial charge on any atom is 0.187 e. The van der Waals surface area contributed by atoms with E-state index >= 15 is 0 Å². The van der Waals surface area contributed by atoms with E-state index in [-0.39, 0.29) is 4.90 Å². The number of rotatable bonds is 12. The van der Waals surface area contributed by atoms with Crippen LogP contribution in [0.5, 0.6) is 5.75 Å². The molecular formula is C23H29N3O3S2. The quantitative estimate of drug-likeness (QED) is 0.330. The molecule has 0 saturated heterocycles. The number of ether oxygens (including phenoxy) is 1. The number of anilines is 2. The van der Waals surface area contributed by atoms with Gasteiger partial charge in [-0.1, -0.05) is 39.0 Å². The summed E-state index contributed by atoms with van der Waals surface area (Å²) in [5.41, 5.74) is 2.41. The summed E-state index contributed by atoms with van der Waals surface area (Å²) in [6.07, 6.45) is 11.6. The van der Waals surface area contributed by atoms with Gasteiger partial charge in [-0.05, 0) is 36.8 Å². The van der Waals surface area contributed by atoms with Crippen molar-refractivity contribution < 1.29 is 13.2 Å². The van der Waals surface area contributed by atoms with Crippen LogP contribution in [-0.2, 0) is 9.84 Å². The SMILES string of the molecule is CCCCCCCCOc1ccc(Nc2nc(-c3cccnc3)cs2)cc1S(C)(=O)=O. The Labute approximate surface area is 188 Å². The third-order valence-electron chi connectivity index (χ3n) is 4.81. The van der Waals surface area contributed by atoms with Gasteiger partial charge in [-0.25, -0.2) is 13.4 Å². The van der Waals surface area contributed by atoms with E-state index in [2.05, 4.69) is 22.2 Å². The monoisotopic (exact) mass is 459 g/mol. The summed E-state index contributed by atoms with van der Waals surface area (Å²) >= 11 is 1.45. The van der Waals surface area contributed by atoms with Crippen molar-refractivity contribution in [2.45, 2.75) is 50.3 Å². The summed E-state index contributed by atoms with van der Waals surface area (Å²) in [4.78, 5) is 8.87. The summed E-state index contributed by atoms with van der Waals surface area (Å²) in [6.45, 7) is 2.71. The topological polar surface area (TPSA) is 81.2 Å². The van der Waals surface area contributed by atoms with Crippen LogP contribution < -0.4 is 10.1 Å². The second-order valence-corrected chi connectivity index (χ2v) is 10.3. The van der Waals surface area contributed by atoms with Gasteiger partial charge in [0.05, 0.1) is 12.3 Å². The highest BCUT2D eigenvalue weighted by Gasteiger charge is 2.16. The summed E-state index contributed by atoms with van der Waals surface area (Å²) in [5.74, 6) is 0.400. The van der Waals surface area contributed by atoms with Crippen LogP contribution in [0.15, 0.2) is 53.0 Å². The highest BCUT2D eigenvalue weighted by Crippen LogP contribution is 2.31. The first-order valence-corrected chi connectivity index (χ1v) is 13.3. The van der Waals surface area contributed by atoms with E-state index in [4.69, 9.17) is 4.74 Å². The lowest BCUT2D eigenvalue weighted by atomic mass is 10.1. The van der Waals surface area contributed by atoms with Crippen LogP contribution in [0, 0.1) is 0 Å². The third-order valence-corrected chi connectivity index (χ3v) is 6.69. The molecule has 0 fully saturated rings. The Morgan fingerprint density at radius 3 is 2.65 bits per heavy atom. The van der Waals surface area contributed by atoms with Crippen LogP contribution >= 0.6 is 11.3 Å².